The highest BCUT2D eigenvalue weighted by molar-refractivity contribution is 6.33. The van der Waals surface area contributed by atoms with Gasteiger partial charge in [-0.3, -0.25) is 4.79 Å². The molecule has 3 rings (SSSR count). The lowest BCUT2D eigenvalue weighted by molar-refractivity contribution is 0.619. The zero-order valence-corrected chi connectivity index (χ0v) is 11.6. The molecule has 0 saturated heterocycles. The highest BCUT2D eigenvalue weighted by atomic mass is 35.5. The quantitative estimate of drug-likeness (QED) is 0.687. The van der Waals surface area contributed by atoms with Crippen LogP contribution in [0.1, 0.15) is 5.56 Å². The van der Waals surface area contributed by atoms with Crippen molar-refractivity contribution < 1.29 is 4.42 Å². The van der Waals surface area contributed by atoms with Gasteiger partial charge in [-0.05, 0) is 37.3 Å². The molecule has 100 valence electrons. The molecule has 0 saturated carbocycles. The fraction of sp³-hybridized carbons (Fsp3) is 0.0625. The molecule has 4 heteroatoms. The summed E-state index contributed by atoms with van der Waals surface area (Å²) < 4.78 is 5.78. The Kier molecular flexibility index (Phi) is 2.99. The second-order valence-corrected chi connectivity index (χ2v) is 5.12. The Labute approximate surface area is 120 Å². The largest absolute Gasteiger partial charge is 0.456 e. The lowest BCUT2D eigenvalue weighted by atomic mass is 10.1. The van der Waals surface area contributed by atoms with Crippen molar-refractivity contribution >= 4 is 28.3 Å². The summed E-state index contributed by atoms with van der Waals surface area (Å²) in [7, 11) is 0. The van der Waals surface area contributed by atoms with Crippen molar-refractivity contribution in [2.75, 3.05) is 5.73 Å². The minimum Gasteiger partial charge on any atom is -0.456 e. The van der Waals surface area contributed by atoms with Crippen LogP contribution >= 0.6 is 11.6 Å². The first kappa shape index (κ1) is 12.8. The number of nitrogens with two attached hydrogens (primary N) is 1. The highest BCUT2D eigenvalue weighted by Gasteiger charge is 2.10. The maximum absolute atomic E-state index is 12.2. The van der Waals surface area contributed by atoms with Crippen LogP contribution in [-0.4, -0.2) is 0 Å². The van der Waals surface area contributed by atoms with E-state index in [2.05, 4.69) is 0 Å². The van der Waals surface area contributed by atoms with Crippen LogP contribution in [0.25, 0.3) is 22.3 Å². The average Bonchev–Trinajstić information content (AvgIpc) is 2.39. The normalized spacial score (nSPS) is 10.9. The Morgan fingerprint density at radius 1 is 1.10 bits per heavy atom. The van der Waals surface area contributed by atoms with Crippen LogP contribution in [0.5, 0.6) is 0 Å². The second kappa shape index (κ2) is 4.69. The number of hydrogen-bond donors (Lipinski definition) is 1. The summed E-state index contributed by atoms with van der Waals surface area (Å²) in [6.45, 7) is 1.93. The Bertz CT molecular complexity index is 868. The minimum absolute atomic E-state index is 0.0853. The van der Waals surface area contributed by atoms with Gasteiger partial charge in [0.15, 0.2) is 5.43 Å². The number of fused-ring (bicyclic) bond motifs is 1. The zero-order valence-electron chi connectivity index (χ0n) is 10.8. The third-order valence-corrected chi connectivity index (χ3v) is 3.45. The van der Waals surface area contributed by atoms with Crippen LogP contribution in [0.3, 0.4) is 0 Å². The van der Waals surface area contributed by atoms with Gasteiger partial charge in [-0.2, -0.15) is 0 Å². The van der Waals surface area contributed by atoms with E-state index in [1.807, 2.05) is 19.1 Å². The first-order valence-electron chi connectivity index (χ1n) is 6.14. The van der Waals surface area contributed by atoms with E-state index in [1.165, 1.54) is 6.07 Å². The Morgan fingerprint density at radius 2 is 1.90 bits per heavy atom. The molecule has 0 amide bonds. The van der Waals surface area contributed by atoms with Crippen molar-refractivity contribution in [2.24, 2.45) is 0 Å². The Morgan fingerprint density at radius 3 is 2.65 bits per heavy atom. The molecule has 0 spiro atoms. The molecule has 0 aliphatic rings. The van der Waals surface area contributed by atoms with Gasteiger partial charge in [0.25, 0.3) is 0 Å². The first-order valence-corrected chi connectivity index (χ1v) is 6.52. The molecule has 1 aromatic heterocycles. The molecule has 0 bridgehead atoms. The average molecular weight is 286 g/mol. The van der Waals surface area contributed by atoms with E-state index in [1.54, 1.807) is 24.3 Å². The molecular formula is C16H12ClNO2. The van der Waals surface area contributed by atoms with Gasteiger partial charge < -0.3 is 10.2 Å². The third kappa shape index (κ3) is 2.17. The molecular weight excluding hydrogens is 274 g/mol. The van der Waals surface area contributed by atoms with E-state index >= 15 is 0 Å². The molecule has 0 aliphatic carbocycles. The van der Waals surface area contributed by atoms with Crippen molar-refractivity contribution in [2.45, 2.75) is 6.92 Å². The lowest BCUT2D eigenvalue weighted by Crippen LogP contribution is -2.00. The van der Waals surface area contributed by atoms with E-state index < -0.39 is 0 Å². The zero-order chi connectivity index (χ0) is 14.3. The summed E-state index contributed by atoms with van der Waals surface area (Å²) in [6, 6.07) is 12.1. The molecule has 0 fully saturated rings. The number of aryl methyl sites for hydroxylation is 1. The molecule has 2 N–H and O–H groups in total. The molecule has 1 heterocycles. The van der Waals surface area contributed by atoms with E-state index in [9.17, 15) is 4.79 Å². The number of halogens is 1. The SMILES string of the molecule is Cc1ccc2oc(-c3ccc(N)cc3Cl)cc(=O)c2c1. The minimum atomic E-state index is -0.0853. The third-order valence-electron chi connectivity index (χ3n) is 3.14. The van der Waals surface area contributed by atoms with Crippen molar-refractivity contribution in [3.63, 3.8) is 0 Å². The Hall–Kier alpha value is -2.26. The molecule has 3 nitrogen and oxygen atoms in total. The number of nitrogen functional groups attached to an aromatic ring is 1. The molecule has 0 unspecified atom stereocenters. The summed E-state index contributed by atoms with van der Waals surface area (Å²) in [5.74, 6) is 0.441. The molecule has 0 radical (unpaired) electrons. The van der Waals surface area contributed by atoms with E-state index in [0.717, 1.165) is 5.56 Å². The first-order chi connectivity index (χ1) is 9.54. The summed E-state index contributed by atoms with van der Waals surface area (Å²) in [5, 5.41) is 1.03. The van der Waals surface area contributed by atoms with E-state index in [4.69, 9.17) is 21.8 Å². The predicted octanol–water partition coefficient (Wildman–Crippen LogP) is 4.00. The van der Waals surface area contributed by atoms with Crippen LogP contribution in [0.15, 0.2) is 51.7 Å². The fourth-order valence-corrected chi connectivity index (χ4v) is 2.42. The van der Waals surface area contributed by atoms with Gasteiger partial charge in [-0.15, -0.1) is 0 Å². The smallest absolute Gasteiger partial charge is 0.193 e. The molecule has 3 aromatic rings. The number of anilines is 1. The molecule has 2 aromatic carbocycles. The Balaban J connectivity index is 2.27. The van der Waals surface area contributed by atoms with Gasteiger partial charge in [-0.1, -0.05) is 23.2 Å². The van der Waals surface area contributed by atoms with Gasteiger partial charge in [0, 0.05) is 17.3 Å². The molecule has 20 heavy (non-hydrogen) atoms. The van der Waals surface area contributed by atoms with Gasteiger partial charge in [-0.25, -0.2) is 0 Å². The van der Waals surface area contributed by atoms with Crippen molar-refractivity contribution in [1.82, 2.24) is 0 Å². The molecule has 0 aliphatic heterocycles. The van der Waals surface area contributed by atoms with Crippen LogP contribution in [-0.2, 0) is 0 Å². The van der Waals surface area contributed by atoms with Crippen LogP contribution < -0.4 is 11.2 Å². The number of benzene rings is 2. The van der Waals surface area contributed by atoms with Gasteiger partial charge in [0.2, 0.25) is 0 Å². The van der Waals surface area contributed by atoms with Gasteiger partial charge >= 0.3 is 0 Å². The van der Waals surface area contributed by atoms with Gasteiger partial charge in [0.05, 0.1) is 10.4 Å². The fourth-order valence-electron chi connectivity index (χ4n) is 2.13. The summed E-state index contributed by atoms with van der Waals surface area (Å²) in [6.07, 6.45) is 0. The summed E-state index contributed by atoms with van der Waals surface area (Å²) >= 11 is 6.15. The topological polar surface area (TPSA) is 56.2 Å². The second-order valence-electron chi connectivity index (χ2n) is 4.71. The summed E-state index contributed by atoms with van der Waals surface area (Å²) in [4.78, 5) is 12.2. The maximum Gasteiger partial charge on any atom is 0.193 e. The molecule has 0 atom stereocenters. The van der Waals surface area contributed by atoms with Crippen molar-refractivity contribution in [1.29, 1.82) is 0 Å². The number of hydrogen-bond acceptors (Lipinski definition) is 3. The van der Waals surface area contributed by atoms with Crippen molar-refractivity contribution in [3.05, 3.63) is 63.3 Å². The lowest BCUT2D eigenvalue weighted by Gasteiger charge is -2.06. The maximum atomic E-state index is 12.2. The van der Waals surface area contributed by atoms with Crippen LogP contribution in [0, 0.1) is 6.92 Å². The standard InChI is InChI=1S/C16H12ClNO2/c1-9-2-5-15-12(6-9)14(19)8-16(20-15)11-4-3-10(18)7-13(11)17/h2-8H,18H2,1H3. The van der Waals surface area contributed by atoms with Gasteiger partial charge in [0.1, 0.15) is 11.3 Å². The van der Waals surface area contributed by atoms with E-state index in [-0.39, 0.29) is 5.43 Å². The van der Waals surface area contributed by atoms with Crippen LogP contribution in [0.4, 0.5) is 5.69 Å². The van der Waals surface area contributed by atoms with Crippen molar-refractivity contribution in [3.8, 4) is 11.3 Å². The van der Waals surface area contributed by atoms with Crippen LogP contribution in [0.2, 0.25) is 5.02 Å². The summed E-state index contributed by atoms with van der Waals surface area (Å²) in [5.41, 5.74) is 8.36. The predicted molar refractivity (Wildman–Crippen MR) is 82.1 cm³/mol. The number of rotatable bonds is 1. The highest BCUT2D eigenvalue weighted by Crippen LogP contribution is 2.30. The van der Waals surface area contributed by atoms with E-state index in [0.29, 0.717) is 33.0 Å². The monoisotopic (exact) mass is 285 g/mol.